The molecule has 0 N–H and O–H groups in total. The SMILES string of the molecule is CS(=O)/C=C/c1cc(=O)c2cc(Br)ccc2o1. The molecule has 3 nitrogen and oxygen atoms in total. The van der Waals surface area contributed by atoms with E-state index in [1.165, 1.54) is 11.5 Å². The lowest BCUT2D eigenvalue weighted by Crippen LogP contribution is -2.00. The summed E-state index contributed by atoms with van der Waals surface area (Å²) in [5, 5.41) is 2.00. The number of rotatable bonds is 2. The number of benzene rings is 1. The van der Waals surface area contributed by atoms with E-state index in [2.05, 4.69) is 15.9 Å². The van der Waals surface area contributed by atoms with Gasteiger partial charge in [0.1, 0.15) is 11.3 Å². The first-order valence-electron chi connectivity index (χ1n) is 4.80. The maximum Gasteiger partial charge on any atom is 0.193 e. The fourth-order valence-corrected chi connectivity index (χ4v) is 2.08. The van der Waals surface area contributed by atoms with Gasteiger partial charge >= 0.3 is 0 Å². The summed E-state index contributed by atoms with van der Waals surface area (Å²) < 4.78 is 17.2. The second-order valence-corrected chi connectivity index (χ2v) is 5.64. The predicted molar refractivity (Wildman–Crippen MR) is 73.3 cm³/mol. The van der Waals surface area contributed by atoms with Crippen LogP contribution in [0.1, 0.15) is 5.76 Å². The Morgan fingerprint density at radius 2 is 2.12 bits per heavy atom. The molecular weight excluding hydrogens is 304 g/mol. The molecule has 2 aromatic rings. The van der Waals surface area contributed by atoms with Crippen molar-refractivity contribution in [3.05, 3.63) is 50.1 Å². The van der Waals surface area contributed by atoms with Crippen molar-refractivity contribution in [1.29, 1.82) is 0 Å². The zero-order valence-corrected chi connectivity index (χ0v) is 11.4. The summed E-state index contributed by atoms with van der Waals surface area (Å²) in [4.78, 5) is 11.8. The molecule has 88 valence electrons. The summed E-state index contributed by atoms with van der Waals surface area (Å²) >= 11 is 3.30. The van der Waals surface area contributed by atoms with Crippen LogP contribution in [0.25, 0.3) is 17.0 Å². The Hall–Kier alpha value is -1.20. The minimum Gasteiger partial charge on any atom is -0.456 e. The smallest absolute Gasteiger partial charge is 0.193 e. The monoisotopic (exact) mass is 312 g/mol. The van der Waals surface area contributed by atoms with Gasteiger partial charge in [-0.25, -0.2) is 0 Å². The van der Waals surface area contributed by atoms with Crippen LogP contribution < -0.4 is 5.43 Å². The largest absolute Gasteiger partial charge is 0.456 e. The molecule has 17 heavy (non-hydrogen) atoms. The molecule has 1 aromatic carbocycles. The highest BCUT2D eigenvalue weighted by Crippen LogP contribution is 2.18. The van der Waals surface area contributed by atoms with Gasteiger partial charge in [0.05, 0.1) is 5.39 Å². The van der Waals surface area contributed by atoms with E-state index in [9.17, 15) is 9.00 Å². The fraction of sp³-hybridized carbons (Fsp3) is 0.0833. The van der Waals surface area contributed by atoms with Crippen LogP contribution in [0.3, 0.4) is 0 Å². The maximum absolute atomic E-state index is 11.8. The minimum absolute atomic E-state index is 0.117. The van der Waals surface area contributed by atoms with Crippen LogP contribution in [0, 0.1) is 0 Å². The topological polar surface area (TPSA) is 47.3 Å². The molecule has 1 aromatic heterocycles. The third-order valence-electron chi connectivity index (χ3n) is 2.13. The van der Waals surface area contributed by atoms with E-state index in [-0.39, 0.29) is 5.43 Å². The number of halogens is 1. The van der Waals surface area contributed by atoms with Crippen LogP contribution in [0.2, 0.25) is 0 Å². The lowest BCUT2D eigenvalue weighted by atomic mass is 10.2. The first kappa shape index (κ1) is 12.3. The van der Waals surface area contributed by atoms with Crippen LogP contribution in [-0.2, 0) is 10.8 Å². The van der Waals surface area contributed by atoms with Gasteiger partial charge < -0.3 is 4.42 Å². The molecule has 0 amide bonds. The Bertz CT molecular complexity index is 673. The van der Waals surface area contributed by atoms with Gasteiger partial charge in [0.25, 0.3) is 0 Å². The van der Waals surface area contributed by atoms with Gasteiger partial charge in [-0.1, -0.05) is 15.9 Å². The number of fused-ring (bicyclic) bond motifs is 1. The molecule has 1 heterocycles. The summed E-state index contributed by atoms with van der Waals surface area (Å²) in [5.74, 6) is 0.403. The molecular formula is C12H9BrO3S. The highest BCUT2D eigenvalue weighted by Gasteiger charge is 2.03. The van der Waals surface area contributed by atoms with E-state index in [0.29, 0.717) is 16.7 Å². The molecule has 0 spiro atoms. The summed E-state index contributed by atoms with van der Waals surface area (Å²) in [5.41, 5.74) is 0.399. The second kappa shape index (κ2) is 4.98. The molecule has 0 aliphatic heterocycles. The lowest BCUT2D eigenvalue weighted by molar-refractivity contribution is 0.591. The van der Waals surface area contributed by atoms with Gasteiger partial charge in [0, 0.05) is 33.0 Å². The molecule has 2 rings (SSSR count). The molecule has 0 saturated carbocycles. The quantitative estimate of drug-likeness (QED) is 0.856. The van der Waals surface area contributed by atoms with Crippen molar-refractivity contribution in [3.63, 3.8) is 0 Å². The number of hydrogen-bond acceptors (Lipinski definition) is 3. The molecule has 1 unspecified atom stereocenters. The van der Waals surface area contributed by atoms with Crippen LogP contribution in [0.15, 0.2) is 43.4 Å². The van der Waals surface area contributed by atoms with E-state index in [0.717, 1.165) is 4.47 Å². The van der Waals surface area contributed by atoms with Crippen molar-refractivity contribution in [2.24, 2.45) is 0 Å². The highest BCUT2D eigenvalue weighted by atomic mass is 79.9. The van der Waals surface area contributed by atoms with Crippen molar-refractivity contribution in [1.82, 2.24) is 0 Å². The Kier molecular flexibility index (Phi) is 3.59. The molecule has 0 bridgehead atoms. The number of hydrogen-bond donors (Lipinski definition) is 0. The second-order valence-electron chi connectivity index (χ2n) is 3.45. The van der Waals surface area contributed by atoms with E-state index in [1.807, 2.05) is 0 Å². The first-order valence-corrected chi connectivity index (χ1v) is 7.21. The highest BCUT2D eigenvalue weighted by molar-refractivity contribution is 9.10. The first-order chi connectivity index (χ1) is 8.06. The zero-order chi connectivity index (χ0) is 12.4. The molecule has 5 heteroatoms. The standard InChI is InChI=1S/C12H9BrO3S/c1-17(15)5-4-9-7-11(14)10-6-8(13)2-3-12(10)16-9/h2-7H,1H3/b5-4+. The van der Waals surface area contributed by atoms with Gasteiger partial charge in [-0.2, -0.15) is 0 Å². The van der Waals surface area contributed by atoms with E-state index in [1.54, 1.807) is 30.5 Å². The van der Waals surface area contributed by atoms with E-state index < -0.39 is 10.8 Å². The van der Waals surface area contributed by atoms with Gasteiger partial charge in [0.15, 0.2) is 5.43 Å². The van der Waals surface area contributed by atoms with Crippen molar-refractivity contribution >= 4 is 43.8 Å². The average Bonchev–Trinajstić information content (AvgIpc) is 2.27. The Balaban J connectivity index is 2.60. The summed E-state index contributed by atoms with van der Waals surface area (Å²) in [6, 6.07) is 6.63. The normalized spacial score (nSPS) is 13.3. The third-order valence-corrected chi connectivity index (χ3v) is 3.14. The minimum atomic E-state index is -1.06. The third kappa shape index (κ3) is 2.92. The lowest BCUT2D eigenvalue weighted by Gasteiger charge is -1.99. The van der Waals surface area contributed by atoms with E-state index in [4.69, 9.17) is 4.42 Å². The van der Waals surface area contributed by atoms with E-state index >= 15 is 0 Å². The Morgan fingerprint density at radius 3 is 2.82 bits per heavy atom. The summed E-state index contributed by atoms with van der Waals surface area (Å²) in [6.07, 6.45) is 3.09. The average molecular weight is 313 g/mol. The zero-order valence-electron chi connectivity index (χ0n) is 8.98. The van der Waals surface area contributed by atoms with Crippen molar-refractivity contribution in [2.75, 3.05) is 6.26 Å². The van der Waals surface area contributed by atoms with Gasteiger partial charge in [0.2, 0.25) is 0 Å². The van der Waals surface area contributed by atoms with Crippen LogP contribution >= 0.6 is 15.9 Å². The van der Waals surface area contributed by atoms with Gasteiger partial charge in [-0.15, -0.1) is 0 Å². The van der Waals surface area contributed by atoms with Crippen molar-refractivity contribution in [2.45, 2.75) is 0 Å². The molecule has 0 aliphatic carbocycles. The predicted octanol–water partition coefficient (Wildman–Crippen LogP) is 2.90. The van der Waals surface area contributed by atoms with Crippen LogP contribution in [0.4, 0.5) is 0 Å². The fourth-order valence-electron chi connectivity index (χ4n) is 1.39. The van der Waals surface area contributed by atoms with Crippen molar-refractivity contribution < 1.29 is 8.63 Å². The molecule has 0 radical (unpaired) electrons. The van der Waals surface area contributed by atoms with Crippen LogP contribution in [-0.4, -0.2) is 10.5 Å². The summed E-state index contributed by atoms with van der Waals surface area (Å²) in [6.45, 7) is 0. The Morgan fingerprint density at radius 1 is 1.35 bits per heavy atom. The molecule has 1 atom stereocenters. The molecule has 0 fully saturated rings. The molecule has 0 saturated heterocycles. The summed E-state index contributed by atoms with van der Waals surface area (Å²) in [7, 11) is -1.06. The van der Waals surface area contributed by atoms with Crippen LogP contribution in [0.5, 0.6) is 0 Å². The van der Waals surface area contributed by atoms with Crippen molar-refractivity contribution in [3.8, 4) is 0 Å². The maximum atomic E-state index is 11.8. The van der Waals surface area contributed by atoms with Gasteiger partial charge in [-0.3, -0.25) is 9.00 Å². The molecule has 0 aliphatic rings. The van der Waals surface area contributed by atoms with Gasteiger partial charge in [-0.05, 0) is 24.3 Å². The Labute approximate surface area is 109 Å².